The third kappa shape index (κ3) is 2.95. The van der Waals surface area contributed by atoms with Gasteiger partial charge in [0.05, 0.1) is 5.52 Å². The van der Waals surface area contributed by atoms with Crippen molar-refractivity contribution in [3.8, 4) is 11.1 Å². The monoisotopic (exact) mass is 364 g/mol. The number of fused-ring (bicyclic) bond motifs is 1. The average molecular weight is 364 g/mol. The van der Waals surface area contributed by atoms with Gasteiger partial charge < -0.3 is 9.73 Å². The van der Waals surface area contributed by atoms with Gasteiger partial charge in [-0.25, -0.2) is 4.79 Å². The maximum atomic E-state index is 12.7. The van der Waals surface area contributed by atoms with Gasteiger partial charge in [0, 0.05) is 5.69 Å². The third-order valence-electron chi connectivity index (χ3n) is 4.27. The molecule has 1 unspecified atom stereocenters. The van der Waals surface area contributed by atoms with Crippen LogP contribution in [0.15, 0.2) is 74.6 Å². The summed E-state index contributed by atoms with van der Waals surface area (Å²) < 4.78 is 6.59. The Morgan fingerprint density at radius 2 is 1.96 bits per heavy atom. The van der Waals surface area contributed by atoms with Crippen LogP contribution in [0.1, 0.15) is 13.0 Å². The van der Waals surface area contributed by atoms with Crippen molar-refractivity contribution < 1.29 is 9.21 Å². The fraction of sp³-hybridized carbons (Fsp3) is 0.100. The number of amides is 1. The molecule has 26 heavy (non-hydrogen) atoms. The van der Waals surface area contributed by atoms with Crippen LogP contribution in [0.2, 0.25) is 0 Å². The maximum absolute atomic E-state index is 12.7. The van der Waals surface area contributed by atoms with Gasteiger partial charge in [0.1, 0.15) is 6.04 Å². The van der Waals surface area contributed by atoms with Crippen molar-refractivity contribution in [2.75, 3.05) is 5.32 Å². The Morgan fingerprint density at radius 1 is 1.12 bits per heavy atom. The number of carbonyl (C=O) groups is 1. The van der Waals surface area contributed by atoms with Gasteiger partial charge in [0.25, 0.3) is 0 Å². The summed E-state index contributed by atoms with van der Waals surface area (Å²) in [6.07, 6.45) is 0. The summed E-state index contributed by atoms with van der Waals surface area (Å²) >= 11 is 1.62. The highest BCUT2D eigenvalue weighted by molar-refractivity contribution is 7.08. The smallest absolute Gasteiger partial charge is 0.408 e. The van der Waals surface area contributed by atoms with E-state index in [0.717, 1.165) is 11.1 Å². The minimum atomic E-state index is -0.698. The zero-order valence-corrected chi connectivity index (χ0v) is 14.8. The van der Waals surface area contributed by atoms with E-state index < -0.39 is 11.8 Å². The Balaban J connectivity index is 1.61. The summed E-state index contributed by atoms with van der Waals surface area (Å²) in [4.78, 5) is 24.9. The van der Waals surface area contributed by atoms with Gasteiger partial charge in [-0.15, -0.1) is 0 Å². The molecule has 0 saturated heterocycles. The number of nitrogens with zero attached hydrogens (tertiary/aromatic N) is 1. The van der Waals surface area contributed by atoms with E-state index in [9.17, 15) is 9.59 Å². The highest BCUT2D eigenvalue weighted by atomic mass is 32.1. The van der Waals surface area contributed by atoms with Crippen LogP contribution in [0.5, 0.6) is 0 Å². The van der Waals surface area contributed by atoms with Crippen LogP contribution in [0, 0.1) is 0 Å². The number of thiophene rings is 1. The van der Waals surface area contributed by atoms with E-state index in [1.165, 1.54) is 4.57 Å². The molecule has 2 aromatic carbocycles. The second-order valence-corrected chi connectivity index (χ2v) is 6.74. The first-order chi connectivity index (χ1) is 12.6. The van der Waals surface area contributed by atoms with Gasteiger partial charge >= 0.3 is 5.76 Å². The summed E-state index contributed by atoms with van der Waals surface area (Å²) in [6.45, 7) is 1.68. The summed E-state index contributed by atoms with van der Waals surface area (Å²) in [7, 11) is 0. The molecule has 5 nitrogen and oxygen atoms in total. The number of nitrogens with one attached hydrogen (secondary N) is 1. The fourth-order valence-electron chi connectivity index (χ4n) is 2.92. The molecular weight excluding hydrogens is 348 g/mol. The first-order valence-electron chi connectivity index (χ1n) is 8.17. The molecule has 0 aliphatic rings. The molecule has 4 aromatic rings. The topological polar surface area (TPSA) is 64.2 Å². The lowest BCUT2D eigenvalue weighted by molar-refractivity contribution is -0.118. The minimum Gasteiger partial charge on any atom is -0.408 e. The molecule has 1 N–H and O–H groups in total. The molecule has 0 saturated carbocycles. The molecule has 0 radical (unpaired) electrons. The SMILES string of the molecule is CC(C(=O)Nc1cccc(-c2ccsc2)c1)n1c(=O)oc2ccccc21. The number of aromatic nitrogens is 1. The molecule has 1 atom stereocenters. The molecule has 6 heteroatoms. The normalized spacial score (nSPS) is 12.2. The Bertz CT molecular complexity index is 1130. The van der Waals surface area contributed by atoms with Gasteiger partial charge in [-0.2, -0.15) is 11.3 Å². The first kappa shape index (κ1) is 16.4. The minimum absolute atomic E-state index is 0.277. The second-order valence-electron chi connectivity index (χ2n) is 5.96. The van der Waals surface area contributed by atoms with Gasteiger partial charge in [0.15, 0.2) is 5.58 Å². The number of oxazole rings is 1. The number of benzene rings is 2. The predicted molar refractivity (Wildman–Crippen MR) is 104 cm³/mol. The Kier molecular flexibility index (Phi) is 4.18. The van der Waals surface area contributed by atoms with Crippen LogP contribution in [-0.2, 0) is 4.79 Å². The largest absolute Gasteiger partial charge is 0.420 e. The molecule has 2 aromatic heterocycles. The van der Waals surface area contributed by atoms with Gasteiger partial charge in [-0.05, 0) is 59.1 Å². The molecular formula is C20H16N2O3S. The van der Waals surface area contributed by atoms with E-state index in [1.807, 2.05) is 41.8 Å². The molecule has 0 aliphatic heterocycles. The quantitative estimate of drug-likeness (QED) is 0.579. The van der Waals surface area contributed by atoms with Crippen LogP contribution in [0.3, 0.4) is 0 Å². The van der Waals surface area contributed by atoms with Crippen molar-refractivity contribution in [3.05, 3.63) is 75.9 Å². The van der Waals surface area contributed by atoms with E-state index in [4.69, 9.17) is 4.42 Å². The van der Waals surface area contributed by atoms with Crippen LogP contribution in [0.25, 0.3) is 22.2 Å². The van der Waals surface area contributed by atoms with E-state index in [-0.39, 0.29) is 5.91 Å². The number of hydrogen-bond donors (Lipinski definition) is 1. The standard InChI is InChI=1S/C20H16N2O3S/c1-13(22-17-7-2-3-8-18(17)25-20(22)24)19(23)21-16-6-4-5-14(11-16)15-9-10-26-12-15/h2-13H,1H3,(H,21,23). The number of rotatable bonds is 4. The van der Waals surface area contributed by atoms with Crippen molar-refractivity contribution in [3.63, 3.8) is 0 Å². The molecule has 2 heterocycles. The highest BCUT2D eigenvalue weighted by Gasteiger charge is 2.21. The Hall–Kier alpha value is -3.12. The number of carbonyl (C=O) groups excluding carboxylic acids is 1. The van der Waals surface area contributed by atoms with Gasteiger partial charge in [-0.1, -0.05) is 24.3 Å². The van der Waals surface area contributed by atoms with Crippen LogP contribution < -0.4 is 11.1 Å². The van der Waals surface area contributed by atoms with Crippen molar-refractivity contribution in [2.24, 2.45) is 0 Å². The Morgan fingerprint density at radius 3 is 2.77 bits per heavy atom. The number of hydrogen-bond acceptors (Lipinski definition) is 4. The van der Waals surface area contributed by atoms with Crippen LogP contribution >= 0.6 is 11.3 Å². The molecule has 0 bridgehead atoms. The predicted octanol–water partition coefficient (Wildman–Crippen LogP) is 4.52. The summed E-state index contributed by atoms with van der Waals surface area (Å²) in [5.74, 6) is -0.818. The fourth-order valence-corrected chi connectivity index (χ4v) is 3.59. The van der Waals surface area contributed by atoms with Crippen molar-refractivity contribution in [1.82, 2.24) is 4.57 Å². The summed E-state index contributed by atoms with van der Waals surface area (Å²) in [5.41, 5.74) is 3.90. The van der Waals surface area contributed by atoms with Crippen LogP contribution in [-0.4, -0.2) is 10.5 Å². The first-order valence-corrected chi connectivity index (χ1v) is 9.11. The zero-order valence-electron chi connectivity index (χ0n) is 14.0. The summed E-state index contributed by atoms with van der Waals surface area (Å²) in [5, 5.41) is 6.96. The lowest BCUT2D eigenvalue weighted by Crippen LogP contribution is -2.29. The van der Waals surface area contributed by atoms with E-state index in [0.29, 0.717) is 16.8 Å². The molecule has 1 amide bonds. The molecule has 0 spiro atoms. The van der Waals surface area contributed by atoms with Gasteiger partial charge in [-0.3, -0.25) is 9.36 Å². The third-order valence-corrected chi connectivity index (χ3v) is 4.95. The molecule has 0 aliphatic carbocycles. The van der Waals surface area contributed by atoms with E-state index in [2.05, 4.69) is 10.7 Å². The van der Waals surface area contributed by atoms with E-state index >= 15 is 0 Å². The molecule has 0 fully saturated rings. The number of para-hydroxylation sites is 2. The van der Waals surface area contributed by atoms with E-state index in [1.54, 1.807) is 36.5 Å². The second kappa shape index (κ2) is 6.65. The number of anilines is 1. The van der Waals surface area contributed by atoms with Crippen LogP contribution in [0.4, 0.5) is 5.69 Å². The molecule has 130 valence electrons. The van der Waals surface area contributed by atoms with Crippen molar-refractivity contribution in [2.45, 2.75) is 13.0 Å². The molecule has 4 rings (SSSR count). The van der Waals surface area contributed by atoms with Crippen molar-refractivity contribution >= 4 is 34.0 Å². The average Bonchev–Trinajstić information content (AvgIpc) is 3.28. The lowest BCUT2D eigenvalue weighted by Gasteiger charge is -2.13. The van der Waals surface area contributed by atoms with Gasteiger partial charge in [0.2, 0.25) is 5.91 Å². The zero-order chi connectivity index (χ0) is 18.1. The van der Waals surface area contributed by atoms with Crippen molar-refractivity contribution in [1.29, 1.82) is 0 Å². The highest BCUT2D eigenvalue weighted by Crippen LogP contribution is 2.25. The Labute approximate surface area is 153 Å². The lowest BCUT2D eigenvalue weighted by atomic mass is 10.1. The summed E-state index contributed by atoms with van der Waals surface area (Å²) in [6, 6.07) is 16.0. The maximum Gasteiger partial charge on any atom is 0.420 e.